The molecule has 7 heteroatoms. The average Bonchev–Trinajstić information content (AvgIpc) is 3.11. The summed E-state index contributed by atoms with van der Waals surface area (Å²) in [6, 6.07) is 7.35. The van der Waals surface area contributed by atoms with Gasteiger partial charge in [-0.05, 0) is 67.5 Å². The summed E-state index contributed by atoms with van der Waals surface area (Å²) in [7, 11) is 0. The minimum Gasteiger partial charge on any atom is -0.318 e. The van der Waals surface area contributed by atoms with Crippen LogP contribution in [-0.4, -0.2) is 37.6 Å². The van der Waals surface area contributed by atoms with Crippen LogP contribution >= 0.6 is 0 Å². The van der Waals surface area contributed by atoms with Crippen molar-refractivity contribution in [3.05, 3.63) is 48.2 Å². The zero-order chi connectivity index (χ0) is 19.4. The molecule has 0 saturated carbocycles. The fourth-order valence-corrected chi connectivity index (χ4v) is 4.71. The molecule has 2 aliphatic heterocycles. The summed E-state index contributed by atoms with van der Waals surface area (Å²) in [5, 5.41) is 6.96. The van der Waals surface area contributed by atoms with Crippen LogP contribution in [0.5, 0.6) is 0 Å². The molecule has 5 rings (SSSR count). The number of halogens is 1. The molecule has 1 N–H and O–H groups in total. The molecule has 6 nitrogen and oxygen atoms in total. The van der Waals surface area contributed by atoms with Crippen molar-refractivity contribution < 1.29 is 9.18 Å². The van der Waals surface area contributed by atoms with Gasteiger partial charge in [0, 0.05) is 23.8 Å². The van der Waals surface area contributed by atoms with Crippen LogP contribution in [0.3, 0.4) is 0 Å². The van der Waals surface area contributed by atoms with E-state index in [1.165, 1.54) is 12.4 Å². The van der Waals surface area contributed by atoms with Crippen molar-refractivity contribution in [3.8, 4) is 11.1 Å². The number of hydrogen-bond acceptors (Lipinski definition) is 3. The number of pyridine rings is 1. The van der Waals surface area contributed by atoms with Crippen LogP contribution in [-0.2, 0) is 0 Å². The lowest BCUT2D eigenvalue weighted by molar-refractivity contribution is -0.00603. The number of aromatic nitrogens is 3. The van der Waals surface area contributed by atoms with Crippen molar-refractivity contribution in [2.24, 2.45) is 5.92 Å². The van der Waals surface area contributed by atoms with Gasteiger partial charge in [-0.25, -0.2) is 18.7 Å². The first kappa shape index (κ1) is 17.2. The third-order valence-electron chi connectivity index (χ3n) is 6.06. The number of aryl methyl sites for hydroxylation is 1. The first-order valence-electron chi connectivity index (χ1n) is 9.69. The number of amides is 2. The van der Waals surface area contributed by atoms with Gasteiger partial charge in [-0.15, -0.1) is 0 Å². The summed E-state index contributed by atoms with van der Waals surface area (Å²) < 4.78 is 16.3. The molecule has 2 unspecified atom stereocenters. The first-order valence-corrected chi connectivity index (χ1v) is 9.69. The van der Waals surface area contributed by atoms with E-state index >= 15 is 0 Å². The van der Waals surface area contributed by atoms with Gasteiger partial charge in [-0.2, -0.15) is 5.10 Å². The van der Waals surface area contributed by atoms with Gasteiger partial charge in [0.05, 0.1) is 5.69 Å². The van der Waals surface area contributed by atoms with Gasteiger partial charge < -0.3 is 10.2 Å². The Balaban J connectivity index is 1.44. The average molecular weight is 379 g/mol. The van der Waals surface area contributed by atoms with Crippen LogP contribution in [0.2, 0.25) is 0 Å². The SMILES string of the molecule is Cc1cc(F)c(NC(=O)N2C3CC(C)CC2C3)cc1-c1ccc2ncnn2c1. The number of benzene rings is 1. The fraction of sp³-hybridized carbons (Fsp3) is 0.381. The highest BCUT2D eigenvalue weighted by molar-refractivity contribution is 5.91. The minimum atomic E-state index is -0.421. The molecule has 2 atom stereocenters. The molecule has 4 heterocycles. The van der Waals surface area contributed by atoms with Crippen LogP contribution in [0, 0.1) is 18.7 Å². The van der Waals surface area contributed by atoms with Crippen molar-refractivity contribution in [1.29, 1.82) is 0 Å². The van der Waals surface area contributed by atoms with Gasteiger partial charge in [0.15, 0.2) is 5.65 Å². The van der Waals surface area contributed by atoms with Crippen LogP contribution in [0.25, 0.3) is 16.8 Å². The topological polar surface area (TPSA) is 62.5 Å². The van der Waals surface area contributed by atoms with Crippen LogP contribution in [0.4, 0.5) is 14.9 Å². The highest BCUT2D eigenvalue weighted by Gasteiger charge is 2.46. The first-order chi connectivity index (χ1) is 13.5. The van der Waals surface area contributed by atoms with Gasteiger partial charge >= 0.3 is 6.03 Å². The number of piperidine rings is 1. The largest absolute Gasteiger partial charge is 0.322 e. The van der Waals surface area contributed by atoms with Crippen molar-refractivity contribution in [2.45, 2.75) is 45.2 Å². The van der Waals surface area contributed by atoms with Crippen molar-refractivity contribution >= 4 is 17.4 Å². The summed E-state index contributed by atoms with van der Waals surface area (Å²) in [4.78, 5) is 18.8. The summed E-state index contributed by atoms with van der Waals surface area (Å²) in [6.07, 6.45) is 6.48. The Morgan fingerprint density at radius 1 is 1.21 bits per heavy atom. The maximum Gasteiger partial charge on any atom is 0.322 e. The van der Waals surface area contributed by atoms with E-state index < -0.39 is 5.82 Å². The lowest BCUT2D eigenvalue weighted by Gasteiger charge is -2.54. The normalized spacial score (nSPS) is 23.5. The number of fused-ring (bicyclic) bond motifs is 3. The molecular weight excluding hydrogens is 357 g/mol. The molecular formula is C21H22FN5O. The summed E-state index contributed by atoms with van der Waals surface area (Å²) in [5.41, 5.74) is 3.50. The van der Waals surface area contributed by atoms with Crippen molar-refractivity contribution in [3.63, 3.8) is 0 Å². The zero-order valence-electron chi connectivity index (χ0n) is 15.9. The van der Waals surface area contributed by atoms with E-state index in [2.05, 4.69) is 22.3 Å². The second kappa shape index (κ2) is 6.29. The summed E-state index contributed by atoms with van der Waals surface area (Å²) in [5.74, 6) is 0.234. The summed E-state index contributed by atoms with van der Waals surface area (Å²) >= 11 is 0. The number of nitrogens with one attached hydrogen (secondary N) is 1. The second-order valence-corrected chi connectivity index (χ2v) is 8.08. The molecule has 2 amide bonds. The number of rotatable bonds is 2. The van der Waals surface area contributed by atoms with Gasteiger partial charge in [0.25, 0.3) is 0 Å². The number of hydrogen-bond donors (Lipinski definition) is 1. The van der Waals surface area contributed by atoms with Crippen LogP contribution < -0.4 is 5.32 Å². The number of anilines is 1. The Hall–Kier alpha value is -2.96. The molecule has 2 aromatic heterocycles. The number of carbonyl (C=O) groups excluding carboxylic acids is 1. The lowest BCUT2D eigenvalue weighted by Crippen LogP contribution is -2.63. The Bertz CT molecular complexity index is 1070. The number of urea groups is 1. The highest BCUT2D eigenvalue weighted by atomic mass is 19.1. The number of nitrogens with zero attached hydrogens (tertiary/aromatic N) is 4. The standard InChI is InChI=1S/C21H22FN5O/c1-12-5-15-8-16(6-12)27(15)21(28)25-19-9-17(13(2)7-18(19)22)14-3-4-20-23-11-24-26(20)10-14/h3-4,7,9-12,15-16H,5-6,8H2,1-2H3,(H,25,28). The van der Waals surface area contributed by atoms with Gasteiger partial charge in [-0.3, -0.25) is 0 Å². The molecule has 2 bridgehead atoms. The van der Waals surface area contributed by atoms with Crippen LogP contribution in [0.1, 0.15) is 31.7 Å². The lowest BCUT2D eigenvalue weighted by atomic mass is 9.74. The zero-order valence-corrected chi connectivity index (χ0v) is 15.9. The predicted octanol–water partition coefficient (Wildman–Crippen LogP) is 4.25. The fourth-order valence-electron chi connectivity index (χ4n) is 4.71. The Morgan fingerprint density at radius 3 is 2.79 bits per heavy atom. The van der Waals surface area contributed by atoms with E-state index in [4.69, 9.17) is 0 Å². The predicted molar refractivity (Wildman–Crippen MR) is 105 cm³/mol. The maximum atomic E-state index is 14.6. The Morgan fingerprint density at radius 2 is 2.00 bits per heavy atom. The third kappa shape index (κ3) is 2.73. The quantitative estimate of drug-likeness (QED) is 0.724. The third-order valence-corrected chi connectivity index (χ3v) is 6.06. The van der Waals surface area contributed by atoms with Crippen molar-refractivity contribution in [1.82, 2.24) is 19.5 Å². The highest BCUT2D eigenvalue weighted by Crippen LogP contribution is 2.41. The smallest absolute Gasteiger partial charge is 0.318 e. The van der Waals surface area contributed by atoms with Gasteiger partial charge in [0.1, 0.15) is 12.1 Å². The molecule has 0 spiro atoms. The molecule has 3 aromatic rings. The molecule has 144 valence electrons. The van der Waals surface area contributed by atoms with Crippen LogP contribution in [0.15, 0.2) is 36.8 Å². The molecule has 1 aromatic carbocycles. The van der Waals surface area contributed by atoms with E-state index in [0.717, 1.165) is 41.6 Å². The molecule has 2 aliphatic rings. The molecule has 2 saturated heterocycles. The molecule has 0 aliphatic carbocycles. The maximum absolute atomic E-state index is 14.6. The van der Waals surface area contributed by atoms with E-state index in [0.29, 0.717) is 5.92 Å². The Labute approximate surface area is 162 Å². The summed E-state index contributed by atoms with van der Waals surface area (Å²) in [6.45, 7) is 4.09. The van der Waals surface area contributed by atoms with Crippen molar-refractivity contribution in [2.75, 3.05) is 5.32 Å². The number of carbonyl (C=O) groups is 1. The van der Waals surface area contributed by atoms with Gasteiger partial charge in [-0.1, -0.05) is 6.92 Å². The van der Waals surface area contributed by atoms with E-state index in [9.17, 15) is 9.18 Å². The van der Waals surface area contributed by atoms with E-state index in [1.54, 1.807) is 10.6 Å². The van der Waals surface area contributed by atoms with Gasteiger partial charge in [0.2, 0.25) is 0 Å². The Kier molecular flexibility index (Phi) is 3.86. The molecule has 2 fully saturated rings. The molecule has 28 heavy (non-hydrogen) atoms. The van der Waals surface area contributed by atoms with E-state index in [1.807, 2.05) is 30.2 Å². The minimum absolute atomic E-state index is 0.200. The monoisotopic (exact) mass is 379 g/mol. The second-order valence-electron chi connectivity index (χ2n) is 8.08. The van der Waals surface area contributed by atoms with E-state index in [-0.39, 0.29) is 23.8 Å². The molecule has 0 radical (unpaired) electrons.